The zero-order valence-electron chi connectivity index (χ0n) is 9.49. The van der Waals surface area contributed by atoms with Crippen molar-refractivity contribution in [3.05, 3.63) is 52.9 Å². The molecular formula is C12H8ClF3N2S. The number of halogens is 4. The zero-order chi connectivity index (χ0) is 13.9. The first kappa shape index (κ1) is 14.1. The molecule has 0 saturated carbocycles. The van der Waals surface area contributed by atoms with Crippen molar-refractivity contribution in [2.45, 2.75) is 17.0 Å². The molecule has 0 radical (unpaired) electrons. The number of rotatable bonds is 3. The van der Waals surface area contributed by atoms with Gasteiger partial charge in [-0.25, -0.2) is 4.98 Å². The van der Waals surface area contributed by atoms with Crippen molar-refractivity contribution in [2.24, 2.45) is 0 Å². The molecule has 2 nitrogen and oxygen atoms in total. The average Bonchev–Trinajstić information content (AvgIpc) is 2.37. The standard InChI is InChI=1S/C12H8ClF3N2S/c13-9-5-8(12(14,15)16)6-18-10(9)7-19-11-3-1-2-4-17-11/h1-6H,7H2. The van der Waals surface area contributed by atoms with E-state index in [4.69, 9.17) is 11.6 Å². The second kappa shape index (κ2) is 5.79. The van der Waals surface area contributed by atoms with E-state index in [0.717, 1.165) is 17.3 Å². The molecule has 0 spiro atoms. The lowest BCUT2D eigenvalue weighted by atomic mass is 10.2. The molecule has 2 rings (SSSR count). The van der Waals surface area contributed by atoms with Gasteiger partial charge in [0.25, 0.3) is 0 Å². The van der Waals surface area contributed by atoms with E-state index >= 15 is 0 Å². The number of nitrogens with zero attached hydrogens (tertiary/aromatic N) is 2. The molecule has 0 amide bonds. The summed E-state index contributed by atoms with van der Waals surface area (Å²) in [5.74, 6) is 0.369. The summed E-state index contributed by atoms with van der Waals surface area (Å²) in [6, 6.07) is 6.32. The molecule has 0 bridgehead atoms. The topological polar surface area (TPSA) is 25.8 Å². The minimum absolute atomic E-state index is 0.0123. The summed E-state index contributed by atoms with van der Waals surface area (Å²) in [5, 5.41) is 0.776. The van der Waals surface area contributed by atoms with Crippen LogP contribution in [0.4, 0.5) is 13.2 Å². The van der Waals surface area contributed by atoms with Crippen LogP contribution < -0.4 is 0 Å². The van der Waals surface area contributed by atoms with Crippen LogP contribution in [-0.4, -0.2) is 9.97 Å². The van der Waals surface area contributed by atoms with E-state index in [1.165, 1.54) is 11.8 Å². The smallest absolute Gasteiger partial charge is 0.258 e. The van der Waals surface area contributed by atoms with E-state index < -0.39 is 11.7 Å². The lowest BCUT2D eigenvalue weighted by Gasteiger charge is -2.08. The van der Waals surface area contributed by atoms with Crippen molar-refractivity contribution in [2.75, 3.05) is 0 Å². The van der Waals surface area contributed by atoms with E-state index in [1.807, 2.05) is 12.1 Å². The fraction of sp³-hybridized carbons (Fsp3) is 0.167. The summed E-state index contributed by atoms with van der Waals surface area (Å²) in [5.41, 5.74) is -0.436. The maximum atomic E-state index is 12.4. The zero-order valence-corrected chi connectivity index (χ0v) is 11.1. The highest BCUT2D eigenvalue weighted by molar-refractivity contribution is 7.98. The summed E-state index contributed by atoms with van der Waals surface area (Å²) in [7, 11) is 0. The molecule has 100 valence electrons. The Morgan fingerprint density at radius 2 is 2.00 bits per heavy atom. The van der Waals surface area contributed by atoms with Crippen molar-refractivity contribution in [3.63, 3.8) is 0 Å². The summed E-state index contributed by atoms with van der Waals surface area (Å²) >= 11 is 7.17. The molecular weight excluding hydrogens is 297 g/mol. The highest BCUT2D eigenvalue weighted by atomic mass is 35.5. The normalized spacial score (nSPS) is 11.6. The first-order chi connectivity index (χ1) is 8.97. The van der Waals surface area contributed by atoms with Crippen LogP contribution in [0.3, 0.4) is 0 Å². The highest BCUT2D eigenvalue weighted by Gasteiger charge is 2.31. The van der Waals surface area contributed by atoms with E-state index in [-0.39, 0.29) is 5.02 Å². The predicted octanol–water partition coefficient (Wildman–Crippen LogP) is 4.44. The molecule has 0 N–H and O–H groups in total. The number of hydrogen-bond donors (Lipinski definition) is 0. The van der Waals surface area contributed by atoms with Gasteiger partial charge in [0.05, 0.1) is 21.3 Å². The average molecular weight is 305 g/mol. The van der Waals surface area contributed by atoms with Crippen LogP contribution in [-0.2, 0) is 11.9 Å². The van der Waals surface area contributed by atoms with Crippen molar-refractivity contribution in [3.8, 4) is 0 Å². The van der Waals surface area contributed by atoms with E-state index in [2.05, 4.69) is 9.97 Å². The van der Waals surface area contributed by atoms with Gasteiger partial charge >= 0.3 is 6.18 Å². The van der Waals surface area contributed by atoms with Gasteiger partial charge in [0, 0.05) is 18.1 Å². The fourth-order valence-electron chi connectivity index (χ4n) is 1.30. The van der Waals surface area contributed by atoms with Gasteiger partial charge in [0.2, 0.25) is 0 Å². The Morgan fingerprint density at radius 1 is 1.21 bits per heavy atom. The number of alkyl halides is 3. The molecule has 0 saturated heterocycles. The Morgan fingerprint density at radius 3 is 2.58 bits per heavy atom. The lowest BCUT2D eigenvalue weighted by molar-refractivity contribution is -0.137. The lowest BCUT2D eigenvalue weighted by Crippen LogP contribution is -2.06. The molecule has 0 aliphatic heterocycles. The van der Waals surface area contributed by atoms with Crippen molar-refractivity contribution in [1.82, 2.24) is 9.97 Å². The quantitative estimate of drug-likeness (QED) is 0.784. The summed E-state index contributed by atoms with van der Waals surface area (Å²) in [6.45, 7) is 0. The maximum Gasteiger partial charge on any atom is 0.417 e. The van der Waals surface area contributed by atoms with Gasteiger partial charge < -0.3 is 0 Å². The molecule has 0 aromatic carbocycles. The monoisotopic (exact) mass is 304 g/mol. The second-order valence-corrected chi connectivity index (χ2v) is 5.01. The first-order valence-corrected chi connectivity index (χ1v) is 6.58. The molecule has 0 aliphatic carbocycles. The van der Waals surface area contributed by atoms with Gasteiger partial charge in [0.1, 0.15) is 0 Å². The highest BCUT2D eigenvalue weighted by Crippen LogP contribution is 2.32. The number of pyridine rings is 2. The summed E-state index contributed by atoms with van der Waals surface area (Å²) < 4.78 is 37.3. The molecule has 2 aromatic heterocycles. The first-order valence-electron chi connectivity index (χ1n) is 5.22. The molecule has 2 heterocycles. The summed E-state index contributed by atoms with van der Waals surface area (Å²) in [4.78, 5) is 7.85. The molecule has 0 fully saturated rings. The third kappa shape index (κ3) is 3.84. The Balaban J connectivity index is 2.10. The number of thioether (sulfide) groups is 1. The third-order valence-electron chi connectivity index (χ3n) is 2.24. The summed E-state index contributed by atoms with van der Waals surface area (Å²) in [6.07, 6.45) is -1.99. The van der Waals surface area contributed by atoms with E-state index in [1.54, 1.807) is 12.3 Å². The Labute approximate surface area is 117 Å². The minimum Gasteiger partial charge on any atom is -0.258 e. The third-order valence-corrected chi connectivity index (χ3v) is 3.52. The van der Waals surface area contributed by atoms with Crippen LogP contribution >= 0.6 is 23.4 Å². The minimum atomic E-state index is -4.43. The maximum absolute atomic E-state index is 12.4. The SMILES string of the molecule is FC(F)(F)c1cnc(CSc2ccccn2)c(Cl)c1. The van der Waals surface area contributed by atoms with E-state index in [9.17, 15) is 13.2 Å². The molecule has 19 heavy (non-hydrogen) atoms. The van der Waals surface area contributed by atoms with Gasteiger partial charge in [-0.15, -0.1) is 0 Å². The predicted molar refractivity (Wildman–Crippen MR) is 68.0 cm³/mol. The molecule has 0 atom stereocenters. The second-order valence-electron chi connectivity index (χ2n) is 3.61. The van der Waals surface area contributed by atoms with Gasteiger partial charge in [-0.05, 0) is 18.2 Å². The largest absolute Gasteiger partial charge is 0.417 e. The molecule has 0 aliphatic rings. The van der Waals surface area contributed by atoms with Gasteiger partial charge in [0.15, 0.2) is 0 Å². The van der Waals surface area contributed by atoms with Gasteiger partial charge in [-0.2, -0.15) is 13.2 Å². The number of aromatic nitrogens is 2. The van der Waals surface area contributed by atoms with Crippen LogP contribution in [0.25, 0.3) is 0 Å². The van der Waals surface area contributed by atoms with Crippen molar-refractivity contribution >= 4 is 23.4 Å². The van der Waals surface area contributed by atoms with Crippen molar-refractivity contribution in [1.29, 1.82) is 0 Å². The number of hydrogen-bond acceptors (Lipinski definition) is 3. The van der Waals surface area contributed by atoms with Crippen LogP contribution in [0.1, 0.15) is 11.3 Å². The van der Waals surface area contributed by atoms with E-state index in [0.29, 0.717) is 11.4 Å². The van der Waals surface area contributed by atoms with Crippen LogP contribution in [0.2, 0.25) is 5.02 Å². The molecule has 0 unspecified atom stereocenters. The van der Waals surface area contributed by atoms with Crippen LogP contribution in [0, 0.1) is 0 Å². The van der Waals surface area contributed by atoms with Gasteiger partial charge in [-0.1, -0.05) is 29.4 Å². The van der Waals surface area contributed by atoms with Gasteiger partial charge in [-0.3, -0.25) is 4.98 Å². The Bertz CT molecular complexity index is 561. The Hall–Kier alpha value is -1.27. The fourth-order valence-corrected chi connectivity index (χ4v) is 2.44. The van der Waals surface area contributed by atoms with Crippen molar-refractivity contribution < 1.29 is 13.2 Å². The van der Waals surface area contributed by atoms with Crippen LogP contribution in [0.15, 0.2) is 41.7 Å². The molecule has 7 heteroatoms. The Kier molecular flexibility index (Phi) is 4.31. The molecule has 2 aromatic rings. The van der Waals surface area contributed by atoms with Crippen LogP contribution in [0.5, 0.6) is 0 Å².